The van der Waals surface area contributed by atoms with Crippen LogP contribution in [0.3, 0.4) is 0 Å². The number of ketones is 2. The molecule has 0 amide bonds. The van der Waals surface area contributed by atoms with Crippen LogP contribution in [0.2, 0.25) is 0 Å². The Morgan fingerprint density at radius 3 is 2.73 bits per heavy atom. The first-order valence-corrected chi connectivity index (χ1v) is 8.03. The highest BCUT2D eigenvalue weighted by Gasteiger charge is 2.68. The SMILES string of the molecule is C=C1CC2(CC3C1CCC3(C)O)C(=O)C1CC(O)(CO1)C2=O. The molecule has 2 bridgehead atoms. The Hall–Kier alpha value is -1.04. The largest absolute Gasteiger partial charge is 0.390 e. The van der Waals surface area contributed by atoms with Crippen molar-refractivity contribution in [1.82, 2.24) is 0 Å². The summed E-state index contributed by atoms with van der Waals surface area (Å²) in [5, 5.41) is 21.2. The van der Waals surface area contributed by atoms with Crippen molar-refractivity contribution in [2.24, 2.45) is 17.3 Å². The number of hydrogen-bond donors (Lipinski definition) is 2. The summed E-state index contributed by atoms with van der Waals surface area (Å²) in [6.45, 7) is 5.78. The molecule has 0 radical (unpaired) electrons. The van der Waals surface area contributed by atoms with E-state index in [-0.39, 0.29) is 30.6 Å². The van der Waals surface area contributed by atoms with E-state index in [0.717, 1.165) is 12.0 Å². The zero-order chi connectivity index (χ0) is 15.9. The van der Waals surface area contributed by atoms with Crippen molar-refractivity contribution in [2.45, 2.75) is 56.3 Å². The molecular weight excluding hydrogens is 284 g/mol. The van der Waals surface area contributed by atoms with E-state index >= 15 is 0 Å². The Morgan fingerprint density at radius 2 is 2.00 bits per heavy atom. The van der Waals surface area contributed by atoms with Crippen molar-refractivity contribution in [1.29, 1.82) is 0 Å². The molecule has 0 aromatic rings. The molecule has 120 valence electrons. The molecule has 4 aliphatic rings. The molecule has 3 saturated carbocycles. The van der Waals surface area contributed by atoms with Crippen LogP contribution in [0.25, 0.3) is 0 Å². The minimum atomic E-state index is -1.55. The lowest BCUT2D eigenvalue weighted by Crippen LogP contribution is -2.61. The highest BCUT2D eigenvalue weighted by Crippen LogP contribution is 2.59. The van der Waals surface area contributed by atoms with Crippen LogP contribution >= 0.6 is 0 Å². The third kappa shape index (κ3) is 1.59. The van der Waals surface area contributed by atoms with Crippen molar-refractivity contribution in [3.05, 3.63) is 12.2 Å². The first-order valence-electron chi connectivity index (χ1n) is 8.03. The molecule has 1 saturated heterocycles. The third-order valence-electron chi connectivity index (χ3n) is 6.54. The molecule has 1 aliphatic heterocycles. The molecule has 1 spiro atoms. The summed E-state index contributed by atoms with van der Waals surface area (Å²) in [5.41, 5.74) is -2.82. The molecule has 0 aromatic heterocycles. The molecule has 1 heterocycles. The van der Waals surface area contributed by atoms with Crippen LogP contribution < -0.4 is 0 Å². The van der Waals surface area contributed by atoms with Crippen LogP contribution in [0, 0.1) is 17.3 Å². The summed E-state index contributed by atoms with van der Waals surface area (Å²) in [6, 6.07) is 0. The van der Waals surface area contributed by atoms with Gasteiger partial charge in [0.15, 0.2) is 11.6 Å². The maximum atomic E-state index is 13.0. The van der Waals surface area contributed by atoms with Crippen LogP contribution in [-0.4, -0.2) is 45.7 Å². The number of hydrogen-bond acceptors (Lipinski definition) is 5. The zero-order valence-corrected chi connectivity index (χ0v) is 12.8. The van der Waals surface area contributed by atoms with Crippen molar-refractivity contribution < 1.29 is 24.5 Å². The summed E-state index contributed by atoms with van der Waals surface area (Å²) >= 11 is 0. The van der Waals surface area contributed by atoms with Gasteiger partial charge in [-0.1, -0.05) is 12.2 Å². The predicted molar refractivity (Wildman–Crippen MR) is 77.0 cm³/mol. The first-order chi connectivity index (χ1) is 10.2. The first kappa shape index (κ1) is 14.5. The Kier molecular flexibility index (Phi) is 2.69. The number of Topliss-reactive ketones (excluding diaryl/α,β-unsaturated/α-hetero) is 2. The summed E-state index contributed by atoms with van der Waals surface area (Å²) in [7, 11) is 0. The maximum Gasteiger partial charge on any atom is 0.180 e. The molecule has 4 fully saturated rings. The van der Waals surface area contributed by atoms with Crippen LogP contribution in [-0.2, 0) is 14.3 Å². The number of fused-ring (bicyclic) bond motifs is 3. The normalized spacial score (nSPS) is 54.1. The lowest BCUT2D eigenvalue weighted by molar-refractivity contribution is -0.162. The summed E-state index contributed by atoms with van der Waals surface area (Å²) in [6.07, 6.45) is 1.48. The Morgan fingerprint density at radius 1 is 1.27 bits per heavy atom. The number of ether oxygens (including phenoxy) is 1. The van der Waals surface area contributed by atoms with Crippen molar-refractivity contribution >= 4 is 11.6 Å². The smallest absolute Gasteiger partial charge is 0.180 e. The van der Waals surface area contributed by atoms with Gasteiger partial charge in [0.05, 0.1) is 17.6 Å². The van der Waals surface area contributed by atoms with Gasteiger partial charge in [-0.05, 0) is 44.4 Å². The van der Waals surface area contributed by atoms with E-state index in [1.54, 1.807) is 6.92 Å². The van der Waals surface area contributed by atoms with Gasteiger partial charge in [0, 0.05) is 6.42 Å². The molecule has 6 unspecified atom stereocenters. The van der Waals surface area contributed by atoms with Gasteiger partial charge < -0.3 is 14.9 Å². The van der Waals surface area contributed by atoms with Gasteiger partial charge in [-0.3, -0.25) is 9.59 Å². The molecule has 0 aromatic carbocycles. The molecule has 6 atom stereocenters. The second kappa shape index (κ2) is 4.08. The van der Waals surface area contributed by atoms with Gasteiger partial charge >= 0.3 is 0 Å². The fourth-order valence-corrected chi connectivity index (χ4v) is 5.30. The minimum absolute atomic E-state index is 0.0728. The average molecular weight is 306 g/mol. The second-order valence-electron chi connectivity index (χ2n) is 7.96. The van der Waals surface area contributed by atoms with E-state index in [0.29, 0.717) is 19.3 Å². The van der Waals surface area contributed by atoms with E-state index < -0.39 is 28.5 Å². The summed E-state index contributed by atoms with van der Waals surface area (Å²) in [4.78, 5) is 25.8. The van der Waals surface area contributed by atoms with Crippen LogP contribution in [0.1, 0.15) is 39.0 Å². The summed E-state index contributed by atoms with van der Waals surface area (Å²) in [5.74, 6) is -0.623. The third-order valence-corrected chi connectivity index (χ3v) is 6.54. The van der Waals surface area contributed by atoms with E-state index in [9.17, 15) is 19.8 Å². The number of aliphatic hydroxyl groups is 2. The number of rotatable bonds is 0. The minimum Gasteiger partial charge on any atom is -0.390 e. The molecule has 5 heteroatoms. The average Bonchev–Trinajstić information content (AvgIpc) is 2.97. The van der Waals surface area contributed by atoms with E-state index in [2.05, 4.69) is 6.58 Å². The van der Waals surface area contributed by atoms with E-state index in [1.807, 2.05) is 0 Å². The lowest BCUT2D eigenvalue weighted by atomic mass is 9.54. The quantitative estimate of drug-likeness (QED) is 0.510. The Balaban J connectivity index is 1.79. The standard InChI is InChI=1S/C17H22O5/c1-9-5-16(6-11-10(9)3-4-15(11,2)20)13(18)12-7-17(21,8-22-12)14(16)19/h10-12,20-21H,1,3-8H2,2H3. The van der Waals surface area contributed by atoms with Crippen LogP contribution in [0.4, 0.5) is 0 Å². The Labute approximate surface area is 129 Å². The molecule has 4 rings (SSSR count). The monoisotopic (exact) mass is 306 g/mol. The van der Waals surface area contributed by atoms with Gasteiger partial charge in [-0.15, -0.1) is 0 Å². The topological polar surface area (TPSA) is 83.8 Å². The van der Waals surface area contributed by atoms with Crippen LogP contribution in [0.15, 0.2) is 12.2 Å². The van der Waals surface area contributed by atoms with Gasteiger partial charge in [0.25, 0.3) is 0 Å². The van der Waals surface area contributed by atoms with Gasteiger partial charge in [-0.2, -0.15) is 0 Å². The molecule has 2 N–H and O–H groups in total. The van der Waals surface area contributed by atoms with Crippen molar-refractivity contribution in [2.75, 3.05) is 6.61 Å². The fourth-order valence-electron chi connectivity index (χ4n) is 5.30. The molecular formula is C17H22O5. The molecule has 22 heavy (non-hydrogen) atoms. The van der Waals surface area contributed by atoms with Crippen LogP contribution in [0.5, 0.6) is 0 Å². The highest BCUT2D eigenvalue weighted by molar-refractivity contribution is 6.15. The fraction of sp³-hybridized carbons (Fsp3) is 0.765. The summed E-state index contributed by atoms with van der Waals surface area (Å²) < 4.78 is 5.38. The van der Waals surface area contributed by atoms with E-state index in [1.165, 1.54) is 0 Å². The van der Waals surface area contributed by atoms with Crippen molar-refractivity contribution in [3.63, 3.8) is 0 Å². The predicted octanol–water partition coefficient (Wildman–Crippen LogP) is 0.772. The maximum absolute atomic E-state index is 13.0. The highest BCUT2D eigenvalue weighted by atomic mass is 16.5. The van der Waals surface area contributed by atoms with Crippen molar-refractivity contribution in [3.8, 4) is 0 Å². The zero-order valence-electron chi connectivity index (χ0n) is 12.8. The van der Waals surface area contributed by atoms with E-state index in [4.69, 9.17) is 4.74 Å². The van der Waals surface area contributed by atoms with Gasteiger partial charge in [0.2, 0.25) is 0 Å². The lowest BCUT2D eigenvalue weighted by Gasteiger charge is -2.48. The number of carbonyl (C=O) groups excluding carboxylic acids is 2. The second-order valence-corrected chi connectivity index (χ2v) is 7.96. The number of allylic oxidation sites excluding steroid dienone is 1. The Bertz CT molecular complexity index is 594. The molecule has 5 nitrogen and oxygen atoms in total. The van der Waals surface area contributed by atoms with Gasteiger partial charge in [0.1, 0.15) is 11.7 Å². The number of carbonyl (C=O) groups is 2. The molecule has 3 aliphatic carbocycles. The van der Waals surface area contributed by atoms with Gasteiger partial charge in [-0.25, -0.2) is 0 Å².